The maximum absolute atomic E-state index is 11.6. The summed E-state index contributed by atoms with van der Waals surface area (Å²) in [5, 5.41) is 0. The average Bonchev–Trinajstić information content (AvgIpc) is 2.14. The van der Waals surface area contributed by atoms with Crippen molar-refractivity contribution in [2.24, 2.45) is 0 Å². The number of carbonyl (C=O) groups excluding carboxylic acids is 1. The summed E-state index contributed by atoms with van der Waals surface area (Å²) < 4.78 is 15.4. The molecule has 0 unspecified atom stereocenters. The largest absolute Gasteiger partial charge is 0.444 e. The predicted octanol–water partition coefficient (Wildman–Crippen LogP) is 1.51. The molecule has 96 valence electrons. The van der Waals surface area contributed by atoms with Crippen molar-refractivity contribution in [1.29, 1.82) is 0 Å². The Balaban J connectivity index is 4.13. The third-order valence-corrected chi connectivity index (χ3v) is 1.87. The van der Waals surface area contributed by atoms with Gasteiger partial charge in [-0.2, -0.15) is 0 Å². The number of likely N-dealkylation sites (N-methyl/N-ethyl adjacent to an activating group) is 1. The van der Waals surface area contributed by atoms with Gasteiger partial charge in [0.05, 0.1) is 19.3 Å². The molecule has 1 atom stereocenters. The summed E-state index contributed by atoms with van der Waals surface area (Å²) in [4.78, 5) is 13.1. The molecular formula is C11H23NO4. The third kappa shape index (κ3) is 6.63. The van der Waals surface area contributed by atoms with E-state index in [9.17, 15) is 4.79 Å². The molecule has 5 heteroatoms. The zero-order chi connectivity index (χ0) is 12.8. The van der Waals surface area contributed by atoms with Crippen molar-refractivity contribution in [3.05, 3.63) is 0 Å². The minimum absolute atomic E-state index is 0.137. The van der Waals surface area contributed by atoms with E-state index < -0.39 is 5.60 Å². The van der Waals surface area contributed by atoms with Crippen molar-refractivity contribution < 1.29 is 19.0 Å². The van der Waals surface area contributed by atoms with Crippen LogP contribution in [0.15, 0.2) is 0 Å². The SMILES string of the molecule is COC[C@H](CN(C)C(=O)OC(C)(C)C)OC. The summed E-state index contributed by atoms with van der Waals surface area (Å²) in [6.45, 7) is 6.40. The lowest BCUT2D eigenvalue weighted by Gasteiger charge is -2.26. The van der Waals surface area contributed by atoms with Gasteiger partial charge >= 0.3 is 6.09 Å². The zero-order valence-electron chi connectivity index (χ0n) is 11.1. The van der Waals surface area contributed by atoms with Crippen LogP contribution >= 0.6 is 0 Å². The molecule has 0 aliphatic rings. The topological polar surface area (TPSA) is 48.0 Å². The number of hydrogen-bond donors (Lipinski definition) is 0. The van der Waals surface area contributed by atoms with Gasteiger partial charge in [0.2, 0.25) is 0 Å². The standard InChI is InChI=1S/C11H23NO4/c1-11(2,3)16-10(13)12(4)7-9(15-6)8-14-5/h9H,7-8H2,1-6H3/t9-/m0/s1. The minimum Gasteiger partial charge on any atom is -0.444 e. The van der Waals surface area contributed by atoms with Gasteiger partial charge in [-0.15, -0.1) is 0 Å². The number of carbonyl (C=O) groups is 1. The first-order valence-electron chi connectivity index (χ1n) is 5.26. The molecule has 0 radical (unpaired) electrons. The molecule has 1 amide bonds. The third-order valence-electron chi connectivity index (χ3n) is 1.87. The van der Waals surface area contributed by atoms with Gasteiger partial charge < -0.3 is 19.1 Å². The van der Waals surface area contributed by atoms with Crippen LogP contribution in [0.2, 0.25) is 0 Å². The van der Waals surface area contributed by atoms with Crippen LogP contribution in [-0.4, -0.2) is 57.1 Å². The van der Waals surface area contributed by atoms with Crippen molar-refractivity contribution in [3.63, 3.8) is 0 Å². The zero-order valence-corrected chi connectivity index (χ0v) is 11.1. The molecule has 0 aliphatic heterocycles. The van der Waals surface area contributed by atoms with Crippen LogP contribution in [0.5, 0.6) is 0 Å². The van der Waals surface area contributed by atoms with Crippen molar-refractivity contribution in [3.8, 4) is 0 Å². The van der Waals surface area contributed by atoms with Gasteiger partial charge in [0.25, 0.3) is 0 Å². The van der Waals surface area contributed by atoms with Gasteiger partial charge in [0.1, 0.15) is 5.60 Å². The van der Waals surface area contributed by atoms with Crippen molar-refractivity contribution in [2.75, 3.05) is 34.4 Å². The highest BCUT2D eigenvalue weighted by Crippen LogP contribution is 2.09. The molecule has 0 aromatic rings. The van der Waals surface area contributed by atoms with Crippen molar-refractivity contribution in [2.45, 2.75) is 32.5 Å². The molecule has 0 saturated heterocycles. The first kappa shape index (κ1) is 15.2. The lowest BCUT2D eigenvalue weighted by Crippen LogP contribution is -2.40. The van der Waals surface area contributed by atoms with E-state index in [4.69, 9.17) is 14.2 Å². The Hall–Kier alpha value is -0.810. The fourth-order valence-electron chi connectivity index (χ4n) is 1.10. The second-order valence-corrected chi connectivity index (χ2v) is 4.67. The molecule has 0 N–H and O–H groups in total. The van der Waals surface area contributed by atoms with Crippen molar-refractivity contribution in [1.82, 2.24) is 4.90 Å². The van der Waals surface area contributed by atoms with E-state index >= 15 is 0 Å². The van der Waals surface area contributed by atoms with Crippen LogP contribution < -0.4 is 0 Å². The molecule has 0 heterocycles. The number of methoxy groups -OCH3 is 2. The van der Waals surface area contributed by atoms with Crippen LogP contribution in [0, 0.1) is 0 Å². The molecule has 0 spiro atoms. The van der Waals surface area contributed by atoms with Crippen LogP contribution in [0.1, 0.15) is 20.8 Å². The fourth-order valence-corrected chi connectivity index (χ4v) is 1.10. The van der Waals surface area contributed by atoms with Crippen molar-refractivity contribution >= 4 is 6.09 Å². The Morgan fingerprint density at radius 2 is 1.88 bits per heavy atom. The second-order valence-electron chi connectivity index (χ2n) is 4.67. The van der Waals surface area contributed by atoms with Gasteiger partial charge in [0.15, 0.2) is 0 Å². The smallest absolute Gasteiger partial charge is 0.410 e. The van der Waals surface area contributed by atoms with Crippen LogP contribution in [0.4, 0.5) is 4.79 Å². The highest BCUT2D eigenvalue weighted by atomic mass is 16.6. The molecule has 0 aliphatic carbocycles. The lowest BCUT2D eigenvalue weighted by atomic mass is 10.2. The van der Waals surface area contributed by atoms with Gasteiger partial charge in [-0.25, -0.2) is 4.79 Å². The summed E-state index contributed by atoms with van der Waals surface area (Å²) in [5.74, 6) is 0. The number of hydrogen-bond acceptors (Lipinski definition) is 4. The molecule has 0 aromatic carbocycles. The highest BCUT2D eigenvalue weighted by Gasteiger charge is 2.21. The summed E-state index contributed by atoms with van der Waals surface area (Å²) >= 11 is 0. The van der Waals surface area contributed by atoms with Gasteiger partial charge in [-0.3, -0.25) is 0 Å². The van der Waals surface area contributed by atoms with Crippen LogP contribution in [0.3, 0.4) is 0 Å². The number of ether oxygens (including phenoxy) is 3. The van der Waals surface area contributed by atoms with E-state index in [0.717, 1.165) is 0 Å². The molecule has 0 saturated carbocycles. The Morgan fingerprint density at radius 1 is 1.31 bits per heavy atom. The predicted molar refractivity (Wildman–Crippen MR) is 61.5 cm³/mol. The Bertz CT molecular complexity index is 213. The monoisotopic (exact) mass is 233 g/mol. The first-order valence-corrected chi connectivity index (χ1v) is 5.26. The molecular weight excluding hydrogens is 210 g/mol. The summed E-state index contributed by atoms with van der Waals surface area (Å²) in [5.41, 5.74) is -0.477. The quantitative estimate of drug-likeness (QED) is 0.722. The Labute approximate surface area is 97.7 Å². The van der Waals surface area contributed by atoms with E-state index in [1.807, 2.05) is 20.8 Å². The van der Waals surface area contributed by atoms with Crippen LogP contribution in [0.25, 0.3) is 0 Å². The highest BCUT2D eigenvalue weighted by molar-refractivity contribution is 5.67. The Morgan fingerprint density at radius 3 is 2.25 bits per heavy atom. The van der Waals surface area contributed by atoms with E-state index in [2.05, 4.69) is 0 Å². The summed E-state index contributed by atoms with van der Waals surface area (Å²) in [6, 6.07) is 0. The summed E-state index contributed by atoms with van der Waals surface area (Å²) in [7, 11) is 4.86. The van der Waals surface area contributed by atoms with E-state index in [-0.39, 0.29) is 12.2 Å². The van der Waals surface area contributed by atoms with Gasteiger partial charge in [-0.1, -0.05) is 0 Å². The molecule has 0 fully saturated rings. The molecule has 16 heavy (non-hydrogen) atoms. The van der Waals surface area contributed by atoms with E-state index in [1.54, 1.807) is 21.3 Å². The van der Waals surface area contributed by atoms with Gasteiger partial charge in [-0.05, 0) is 20.8 Å². The maximum Gasteiger partial charge on any atom is 0.410 e. The average molecular weight is 233 g/mol. The molecule has 0 rings (SSSR count). The summed E-state index contributed by atoms with van der Waals surface area (Å²) in [6.07, 6.45) is -0.492. The molecule has 0 bridgehead atoms. The second kappa shape index (κ2) is 6.70. The maximum atomic E-state index is 11.6. The fraction of sp³-hybridized carbons (Fsp3) is 0.909. The van der Waals surface area contributed by atoms with E-state index in [0.29, 0.717) is 13.2 Å². The number of rotatable bonds is 5. The minimum atomic E-state index is -0.477. The Kier molecular flexibility index (Phi) is 6.36. The normalized spacial score (nSPS) is 13.4. The lowest BCUT2D eigenvalue weighted by molar-refractivity contribution is -0.00631. The van der Waals surface area contributed by atoms with Gasteiger partial charge in [0, 0.05) is 21.3 Å². The molecule has 0 aromatic heterocycles. The van der Waals surface area contributed by atoms with E-state index in [1.165, 1.54) is 4.90 Å². The number of amides is 1. The van der Waals surface area contributed by atoms with Crippen LogP contribution in [-0.2, 0) is 14.2 Å². The molecule has 5 nitrogen and oxygen atoms in total. The number of nitrogens with zero attached hydrogens (tertiary/aromatic N) is 1. The first-order chi connectivity index (χ1) is 7.30.